The number of allylic oxidation sites excluding steroid dienone is 1. The molecule has 1 heterocycles. The molecule has 56 valence electrons. The zero-order valence-corrected chi connectivity index (χ0v) is 6.89. The third kappa shape index (κ3) is 0.881. The van der Waals surface area contributed by atoms with Gasteiger partial charge in [0.25, 0.3) is 0 Å². The molecular formula is C10H11N. The summed E-state index contributed by atoms with van der Waals surface area (Å²) in [5, 5.41) is 0. The van der Waals surface area contributed by atoms with E-state index < -0.39 is 0 Å². The number of hydrogen-bond acceptors (Lipinski definition) is 1. The van der Waals surface area contributed by atoms with Crippen molar-refractivity contribution in [3.05, 3.63) is 34.7 Å². The maximum absolute atomic E-state index is 4.33. The van der Waals surface area contributed by atoms with Crippen molar-refractivity contribution in [1.29, 1.82) is 0 Å². The molecule has 0 N–H and O–H groups in total. The predicted molar refractivity (Wildman–Crippen MR) is 46.4 cm³/mol. The van der Waals surface area contributed by atoms with Gasteiger partial charge in [-0.2, -0.15) is 0 Å². The molecule has 0 spiro atoms. The van der Waals surface area contributed by atoms with E-state index in [1.807, 2.05) is 6.20 Å². The topological polar surface area (TPSA) is 12.9 Å². The van der Waals surface area contributed by atoms with Gasteiger partial charge in [0.05, 0.1) is 5.69 Å². The molecule has 0 saturated heterocycles. The van der Waals surface area contributed by atoms with E-state index in [4.69, 9.17) is 0 Å². The van der Waals surface area contributed by atoms with Gasteiger partial charge in [0.1, 0.15) is 0 Å². The first-order chi connectivity index (χ1) is 5.29. The Bertz CT molecular complexity index is 324. The Kier molecular flexibility index (Phi) is 1.31. The number of aryl methyl sites for hydroxylation is 1. The monoisotopic (exact) mass is 145 g/mol. The highest BCUT2D eigenvalue weighted by molar-refractivity contribution is 5.58. The quantitative estimate of drug-likeness (QED) is 0.545. The largest absolute Gasteiger partial charge is 0.256 e. The SMILES string of the molecule is Cc1cnc2c(c1C)CC=C2. The Morgan fingerprint density at radius 2 is 2.18 bits per heavy atom. The molecule has 0 saturated carbocycles. The van der Waals surface area contributed by atoms with Crippen LogP contribution in [0.25, 0.3) is 6.08 Å². The van der Waals surface area contributed by atoms with Gasteiger partial charge in [0, 0.05) is 6.20 Å². The summed E-state index contributed by atoms with van der Waals surface area (Å²) in [6.45, 7) is 4.28. The number of hydrogen-bond donors (Lipinski definition) is 0. The molecule has 0 radical (unpaired) electrons. The zero-order valence-electron chi connectivity index (χ0n) is 6.89. The van der Waals surface area contributed by atoms with Crippen molar-refractivity contribution in [1.82, 2.24) is 4.98 Å². The van der Waals surface area contributed by atoms with E-state index in [2.05, 4.69) is 31.0 Å². The maximum Gasteiger partial charge on any atom is 0.0664 e. The Morgan fingerprint density at radius 1 is 1.36 bits per heavy atom. The second-order valence-corrected chi connectivity index (χ2v) is 3.04. The highest BCUT2D eigenvalue weighted by Gasteiger charge is 2.09. The van der Waals surface area contributed by atoms with Gasteiger partial charge in [0.15, 0.2) is 0 Å². The van der Waals surface area contributed by atoms with E-state index in [0.29, 0.717) is 0 Å². The van der Waals surface area contributed by atoms with Crippen molar-refractivity contribution in [3.63, 3.8) is 0 Å². The molecule has 2 rings (SSSR count). The van der Waals surface area contributed by atoms with Crippen molar-refractivity contribution in [2.24, 2.45) is 0 Å². The van der Waals surface area contributed by atoms with Crippen LogP contribution >= 0.6 is 0 Å². The first kappa shape index (κ1) is 6.59. The van der Waals surface area contributed by atoms with Crippen LogP contribution in [-0.4, -0.2) is 4.98 Å². The molecule has 0 bridgehead atoms. The molecule has 0 aromatic carbocycles. The minimum Gasteiger partial charge on any atom is -0.256 e. The highest BCUT2D eigenvalue weighted by atomic mass is 14.7. The number of fused-ring (bicyclic) bond motifs is 1. The lowest BCUT2D eigenvalue weighted by molar-refractivity contribution is 1.12. The van der Waals surface area contributed by atoms with Crippen LogP contribution in [0.15, 0.2) is 12.3 Å². The van der Waals surface area contributed by atoms with Gasteiger partial charge in [-0.25, -0.2) is 0 Å². The van der Waals surface area contributed by atoms with Gasteiger partial charge in [-0.1, -0.05) is 6.08 Å². The van der Waals surface area contributed by atoms with Crippen LogP contribution in [-0.2, 0) is 6.42 Å². The zero-order chi connectivity index (χ0) is 7.84. The fourth-order valence-electron chi connectivity index (χ4n) is 1.46. The van der Waals surface area contributed by atoms with Crippen LogP contribution in [0.2, 0.25) is 0 Å². The molecule has 1 aromatic heterocycles. The van der Waals surface area contributed by atoms with Crippen LogP contribution in [0.3, 0.4) is 0 Å². The van der Waals surface area contributed by atoms with Gasteiger partial charge in [-0.3, -0.25) is 4.98 Å². The highest BCUT2D eigenvalue weighted by Crippen LogP contribution is 2.22. The Hall–Kier alpha value is -1.11. The number of aromatic nitrogens is 1. The average molecular weight is 145 g/mol. The van der Waals surface area contributed by atoms with Crippen molar-refractivity contribution >= 4 is 6.08 Å². The van der Waals surface area contributed by atoms with E-state index >= 15 is 0 Å². The van der Waals surface area contributed by atoms with Gasteiger partial charge < -0.3 is 0 Å². The van der Waals surface area contributed by atoms with E-state index in [9.17, 15) is 0 Å². The van der Waals surface area contributed by atoms with E-state index in [0.717, 1.165) is 12.1 Å². The third-order valence-corrected chi connectivity index (χ3v) is 2.35. The molecule has 0 unspecified atom stereocenters. The average Bonchev–Trinajstić information content (AvgIpc) is 2.45. The summed E-state index contributed by atoms with van der Waals surface area (Å²) in [5.41, 5.74) is 5.27. The Morgan fingerprint density at radius 3 is 3.00 bits per heavy atom. The fourth-order valence-corrected chi connectivity index (χ4v) is 1.46. The van der Waals surface area contributed by atoms with Crippen LogP contribution < -0.4 is 0 Å². The molecule has 0 atom stereocenters. The second-order valence-electron chi connectivity index (χ2n) is 3.04. The summed E-state index contributed by atoms with van der Waals surface area (Å²) < 4.78 is 0. The first-order valence-corrected chi connectivity index (χ1v) is 3.90. The van der Waals surface area contributed by atoms with Gasteiger partial charge >= 0.3 is 0 Å². The van der Waals surface area contributed by atoms with Crippen molar-refractivity contribution in [2.45, 2.75) is 20.3 Å². The van der Waals surface area contributed by atoms with Gasteiger partial charge in [-0.05, 0) is 43.0 Å². The first-order valence-electron chi connectivity index (χ1n) is 3.90. The molecule has 1 aliphatic carbocycles. The summed E-state index contributed by atoms with van der Waals surface area (Å²) in [7, 11) is 0. The third-order valence-electron chi connectivity index (χ3n) is 2.35. The maximum atomic E-state index is 4.33. The predicted octanol–water partition coefficient (Wildman–Crippen LogP) is 2.27. The fraction of sp³-hybridized carbons (Fsp3) is 0.300. The molecule has 1 aromatic rings. The van der Waals surface area contributed by atoms with Gasteiger partial charge in [0.2, 0.25) is 0 Å². The standard InChI is InChI=1S/C10H11N/c1-7-6-11-10-5-3-4-9(10)8(7)2/h3,5-6H,4H2,1-2H3. The molecule has 1 aliphatic rings. The summed E-state index contributed by atoms with van der Waals surface area (Å²) in [5.74, 6) is 0. The molecule has 1 heteroatoms. The molecular weight excluding hydrogens is 134 g/mol. The minimum atomic E-state index is 1.07. The van der Waals surface area contributed by atoms with Crippen LogP contribution in [0, 0.1) is 13.8 Å². The molecule has 0 aliphatic heterocycles. The molecule has 1 nitrogen and oxygen atoms in total. The molecule has 0 fully saturated rings. The molecule has 0 amide bonds. The lowest BCUT2D eigenvalue weighted by atomic mass is 10.0. The summed E-state index contributed by atoms with van der Waals surface area (Å²) in [6, 6.07) is 0. The summed E-state index contributed by atoms with van der Waals surface area (Å²) in [6.07, 6.45) is 7.28. The van der Waals surface area contributed by atoms with Crippen LogP contribution in [0.5, 0.6) is 0 Å². The summed E-state index contributed by atoms with van der Waals surface area (Å²) >= 11 is 0. The van der Waals surface area contributed by atoms with E-state index in [-0.39, 0.29) is 0 Å². The second kappa shape index (κ2) is 2.19. The lowest BCUT2D eigenvalue weighted by Crippen LogP contribution is -1.93. The van der Waals surface area contributed by atoms with Crippen molar-refractivity contribution < 1.29 is 0 Å². The number of pyridine rings is 1. The Balaban J connectivity index is 2.67. The van der Waals surface area contributed by atoms with E-state index in [1.165, 1.54) is 16.7 Å². The summed E-state index contributed by atoms with van der Waals surface area (Å²) in [4.78, 5) is 4.33. The number of rotatable bonds is 0. The lowest BCUT2D eigenvalue weighted by Gasteiger charge is -2.05. The smallest absolute Gasteiger partial charge is 0.0664 e. The molecule has 11 heavy (non-hydrogen) atoms. The normalized spacial score (nSPS) is 13.6. The van der Waals surface area contributed by atoms with Crippen LogP contribution in [0.1, 0.15) is 22.4 Å². The van der Waals surface area contributed by atoms with E-state index in [1.54, 1.807) is 0 Å². The van der Waals surface area contributed by atoms with Crippen molar-refractivity contribution in [3.8, 4) is 0 Å². The van der Waals surface area contributed by atoms with Crippen LogP contribution in [0.4, 0.5) is 0 Å². The van der Waals surface area contributed by atoms with Crippen molar-refractivity contribution in [2.75, 3.05) is 0 Å². The minimum absolute atomic E-state index is 1.07. The number of nitrogens with zero attached hydrogens (tertiary/aromatic N) is 1. The Labute approximate surface area is 66.8 Å². The van der Waals surface area contributed by atoms with Gasteiger partial charge in [-0.15, -0.1) is 0 Å².